The first-order valence-electron chi connectivity index (χ1n) is 7.99. The van der Waals surface area contributed by atoms with Crippen LogP contribution >= 0.6 is 0 Å². The van der Waals surface area contributed by atoms with Crippen molar-refractivity contribution in [3.8, 4) is 23.6 Å². The molecule has 0 fully saturated rings. The van der Waals surface area contributed by atoms with Gasteiger partial charge in [0, 0.05) is 16.8 Å². The van der Waals surface area contributed by atoms with Crippen LogP contribution in [0.3, 0.4) is 0 Å². The Morgan fingerprint density at radius 1 is 1.12 bits per heavy atom. The third-order valence-corrected chi connectivity index (χ3v) is 4.59. The van der Waals surface area contributed by atoms with Crippen molar-refractivity contribution >= 4 is 10.9 Å². The average Bonchev–Trinajstić information content (AvgIpc) is 3.29. The molecule has 126 valence electrons. The van der Waals surface area contributed by atoms with Crippen LogP contribution in [-0.2, 0) is 0 Å². The molecular formula is C19H14N6O. The number of hydrogen-bond donors (Lipinski definition) is 2. The predicted octanol–water partition coefficient (Wildman–Crippen LogP) is 3.50. The smallest absolute Gasteiger partial charge is 0.181 e. The first kappa shape index (κ1) is 15.7. The number of fused-ring (bicyclic) bond motifs is 1. The highest BCUT2D eigenvalue weighted by molar-refractivity contribution is 5.92. The molecule has 2 N–H and O–H groups in total. The topological polar surface area (TPSA) is 114 Å². The standard InChI is InChI=1S/C19H14N6O/c1-10-14(6-20)18(15(7-21)11(2)23-10)12-3-4-16-13(5-12)19(25-24-16)17-8-22-9-26-17/h3-5,8-9,18,23H,1-2H3,(H,24,25). The number of aromatic nitrogens is 3. The fourth-order valence-electron chi connectivity index (χ4n) is 3.36. The maximum atomic E-state index is 9.65. The molecule has 0 bridgehead atoms. The number of hydrogen-bond acceptors (Lipinski definition) is 6. The lowest BCUT2D eigenvalue weighted by molar-refractivity contribution is 0.570. The van der Waals surface area contributed by atoms with Gasteiger partial charge in [-0.1, -0.05) is 6.07 Å². The Hall–Kier alpha value is -3.84. The number of oxazole rings is 1. The molecule has 4 rings (SSSR count). The van der Waals surface area contributed by atoms with Crippen molar-refractivity contribution in [2.24, 2.45) is 0 Å². The summed E-state index contributed by atoms with van der Waals surface area (Å²) < 4.78 is 5.36. The molecule has 2 aromatic heterocycles. The van der Waals surface area contributed by atoms with E-state index in [1.54, 1.807) is 6.20 Å². The van der Waals surface area contributed by atoms with Gasteiger partial charge in [-0.05, 0) is 31.5 Å². The van der Waals surface area contributed by atoms with Crippen LogP contribution in [0, 0.1) is 22.7 Å². The summed E-state index contributed by atoms with van der Waals surface area (Å²) in [5, 5.41) is 30.5. The molecule has 3 aromatic rings. The van der Waals surface area contributed by atoms with Gasteiger partial charge in [-0.25, -0.2) is 4.98 Å². The fourth-order valence-corrected chi connectivity index (χ4v) is 3.36. The lowest BCUT2D eigenvalue weighted by atomic mass is 9.81. The molecule has 1 aromatic carbocycles. The van der Waals surface area contributed by atoms with Crippen molar-refractivity contribution in [2.75, 3.05) is 0 Å². The molecule has 0 aliphatic carbocycles. The Labute approximate surface area is 149 Å². The monoisotopic (exact) mass is 342 g/mol. The highest BCUT2D eigenvalue weighted by atomic mass is 16.3. The van der Waals surface area contributed by atoms with E-state index in [2.05, 4.69) is 32.6 Å². The van der Waals surface area contributed by atoms with E-state index < -0.39 is 5.92 Å². The van der Waals surface area contributed by atoms with Crippen molar-refractivity contribution in [3.05, 3.63) is 58.9 Å². The second-order valence-corrected chi connectivity index (χ2v) is 6.10. The minimum Gasteiger partial charge on any atom is -0.442 e. The van der Waals surface area contributed by atoms with E-state index in [0.29, 0.717) is 22.6 Å². The highest BCUT2D eigenvalue weighted by Crippen LogP contribution is 2.39. The van der Waals surface area contributed by atoms with Crippen molar-refractivity contribution in [2.45, 2.75) is 19.8 Å². The van der Waals surface area contributed by atoms with Crippen LogP contribution in [0.25, 0.3) is 22.4 Å². The molecule has 7 heteroatoms. The number of nitriles is 2. The maximum Gasteiger partial charge on any atom is 0.181 e. The minimum absolute atomic E-state index is 0.409. The number of H-pyrrole nitrogens is 1. The molecule has 3 heterocycles. The third kappa shape index (κ3) is 2.27. The lowest BCUT2D eigenvalue weighted by Crippen LogP contribution is -2.23. The molecular weight excluding hydrogens is 328 g/mol. The Morgan fingerprint density at radius 3 is 2.46 bits per heavy atom. The van der Waals surface area contributed by atoms with Crippen LogP contribution in [0.4, 0.5) is 0 Å². The molecule has 0 radical (unpaired) electrons. The van der Waals surface area contributed by atoms with E-state index in [4.69, 9.17) is 4.42 Å². The number of benzene rings is 1. The summed E-state index contributed by atoms with van der Waals surface area (Å²) in [7, 11) is 0. The van der Waals surface area contributed by atoms with Gasteiger partial charge < -0.3 is 9.73 Å². The first-order valence-corrected chi connectivity index (χ1v) is 7.99. The molecule has 0 saturated carbocycles. The van der Waals surface area contributed by atoms with Gasteiger partial charge in [0.2, 0.25) is 0 Å². The Balaban J connectivity index is 1.93. The van der Waals surface area contributed by atoms with Crippen molar-refractivity contribution in [1.82, 2.24) is 20.5 Å². The largest absolute Gasteiger partial charge is 0.442 e. The van der Waals surface area contributed by atoms with Gasteiger partial charge in [-0.2, -0.15) is 15.6 Å². The van der Waals surface area contributed by atoms with Crippen molar-refractivity contribution < 1.29 is 4.42 Å². The second kappa shape index (κ2) is 5.91. The first-order chi connectivity index (χ1) is 12.6. The summed E-state index contributed by atoms with van der Waals surface area (Å²) in [6.07, 6.45) is 2.95. The molecule has 0 unspecified atom stereocenters. The minimum atomic E-state index is -0.409. The van der Waals surface area contributed by atoms with E-state index >= 15 is 0 Å². The summed E-state index contributed by atoms with van der Waals surface area (Å²) in [6.45, 7) is 3.69. The highest BCUT2D eigenvalue weighted by Gasteiger charge is 2.29. The summed E-state index contributed by atoms with van der Waals surface area (Å²) in [5.41, 5.74) is 4.94. The van der Waals surface area contributed by atoms with Gasteiger partial charge in [0.25, 0.3) is 0 Å². The quantitative estimate of drug-likeness (QED) is 0.736. The number of allylic oxidation sites excluding steroid dienone is 4. The molecule has 26 heavy (non-hydrogen) atoms. The van der Waals surface area contributed by atoms with E-state index in [1.807, 2.05) is 32.0 Å². The van der Waals surface area contributed by atoms with E-state index in [1.165, 1.54) is 6.39 Å². The van der Waals surface area contributed by atoms with E-state index in [9.17, 15) is 10.5 Å². The zero-order valence-electron chi connectivity index (χ0n) is 14.2. The average molecular weight is 342 g/mol. The SMILES string of the molecule is CC1=C(C#N)C(c2ccc3[nH]nc(-c4cnco4)c3c2)C(C#N)=C(C)N1. The zero-order valence-corrected chi connectivity index (χ0v) is 14.2. The van der Waals surface area contributed by atoms with Crippen molar-refractivity contribution in [3.63, 3.8) is 0 Å². The molecule has 0 atom stereocenters. The van der Waals surface area contributed by atoms with Gasteiger partial charge in [-0.15, -0.1) is 0 Å². The molecule has 1 aliphatic rings. The lowest BCUT2D eigenvalue weighted by Gasteiger charge is -2.26. The maximum absolute atomic E-state index is 9.65. The van der Waals surface area contributed by atoms with Gasteiger partial charge in [-0.3, -0.25) is 5.10 Å². The molecule has 0 saturated heterocycles. The number of nitrogens with one attached hydrogen (secondary N) is 2. The summed E-state index contributed by atoms with van der Waals surface area (Å²) in [5.74, 6) is 0.145. The summed E-state index contributed by atoms with van der Waals surface area (Å²) >= 11 is 0. The van der Waals surface area contributed by atoms with E-state index in [-0.39, 0.29) is 0 Å². The Kier molecular flexibility index (Phi) is 3.56. The summed E-state index contributed by atoms with van der Waals surface area (Å²) in [4.78, 5) is 3.94. The zero-order chi connectivity index (χ0) is 18.3. The van der Waals surface area contributed by atoms with Crippen LogP contribution in [0.5, 0.6) is 0 Å². The van der Waals surface area contributed by atoms with Crippen LogP contribution in [-0.4, -0.2) is 15.2 Å². The van der Waals surface area contributed by atoms with Crippen molar-refractivity contribution in [1.29, 1.82) is 10.5 Å². The van der Waals surface area contributed by atoms with Gasteiger partial charge in [0.15, 0.2) is 12.2 Å². The van der Waals surface area contributed by atoms with Gasteiger partial charge >= 0.3 is 0 Å². The van der Waals surface area contributed by atoms with E-state index in [0.717, 1.165) is 27.9 Å². The predicted molar refractivity (Wildman–Crippen MR) is 94.1 cm³/mol. The molecule has 0 amide bonds. The Bertz CT molecular complexity index is 1120. The molecule has 1 aliphatic heterocycles. The normalized spacial score (nSPS) is 15.1. The number of dihydropyridines is 1. The van der Waals surface area contributed by atoms with Gasteiger partial charge in [0.1, 0.15) is 5.69 Å². The third-order valence-electron chi connectivity index (χ3n) is 4.59. The second-order valence-electron chi connectivity index (χ2n) is 6.10. The number of nitrogens with zero attached hydrogens (tertiary/aromatic N) is 4. The summed E-state index contributed by atoms with van der Waals surface area (Å²) in [6, 6.07) is 10.3. The van der Waals surface area contributed by atoms with Crippen LogP contribution < -0.4 is 5.32 Å². The molecule has 0 spiro atoms. The number of aromatic amines is 1. The fraction of sp³-hybridized carbons (Fsp3) is 0.158. The van der Waals surface area contributed by atoms with Crippen LogP contribution in [0.15, 0.2) is 57.7 Å². The van der Waals surface area contributed by atoms with Crippen LogP contribution in [0.1, 0.15) is 25.3 Å². The van der Waals surface area contributed by atoms with Gasteiger partial charge in [0.05, 0.1) is 40.9 Å². The number of rotatable bonds is 2. The molecule has 7 nitrogen and oxygen atoms in total. The Morgan fingerprint density at radius 2 is 1.85 bits per heavy atom. The van der Waals surface area contributed by atoms with Crippen LogP contribution in [0.2, 0.25) is 0 Å².